The minimum atomic E-state index is -0.00821. The van der Waals surface area contributed by atoms with Crippen LogP contribution in [-0.2, 0) is 19.1 Å². The minimum absolute atomic E-state index is 0.00821. The molecule has 0 radical (unpaired) electrons. The third-order valence-corrected chi connectivity index (χ3v) is 9.09. The van der Waals surface area contributed by atoms with E-state index in [2.05, 4.69) is 55.4 Å². The van der Waals surface area contributed by atoms with E-state index in [0.29, 0.717) is 37.4 Å². The van der Waals surface area contributed by atoms with Crippen molar-refractivity contribution >= 4 is 11.9 Å². The highest BCUT2D eigenvalue weighted by Gasteiger charge is 2.33. The Hall–Kier alpha value is -1.06. The van der Waals surface area contributed by atoms with Crippen molar-refractivity contribution in [3.05, 3.63) is 0 Å². The van der Waals surface area contributed by atoms with Crippen LogP contribution in [0.5, 0.6) is 0 Å². The van der Waals surface area contributed by atoms with Gasteiger partial charge in [0.2, 0.25) is 0 Å². The van der Waals surface area contributed by atoms with Crippen molar-refractivity contribution in [1.82, 2.24) is 0 Å². The standard InChI is InChI=1S/C39H76O4/c1-32(2)26-20-18-24-30-42-37(40)29-23-17-15-13-11-9-10-12-14-16-22-28-36(34(5)6)38(35(7)8)39(41)43-31-25-19-21-27-33(3)4/h32-36,38H,9-31H2,1-8H3. The molecule has 4 heteroatoms. The first kappa shape index (κ1) is 41.9. The van der Waals surface area contributed by atoms with Crippen molar-refractivity contribution < 1.29 is 19.1 Å². The van der Waals surface area contributed by atoms with Gasteiger partial charge in [0.05, 0.1) is 19.1 Å². The van der Waals surface area contributed by atoms with E-state index < -0.39 is 0 Å². The van der Waals surface area contributed by atoms with Crippen LogP contribution >= 0.6 is 0 Å². The molecule has 0 bridgehead atoms. The van der Waals surface area contributed by atoms with Gasteiger partial charge in [0.1, 0.15) is 0 Å². The van der Waals surface area contributed by atoms with Crippen LogP contribution < -0.4 is 0 Å². The lowest BCUT2D eigenvalue weighted by Crippen LogP contribution is -2.33. The maximum absolute atomic E-state index is 13.1. The maximum atomic E-state index is 13.1. The van der Waals surface area contributed by atoms with E-state index in [1.807, 2.05) is 0 Å². The van der Waals surface area contributed by atoms with E-state index in [1.165, 1.54) is 89.9 Å². The number of rotatable bonds is 30. The minimum Gasteiger partial charge on any atom is -0.466 e. The van der Waals surface area contributed by atoms with Gasteiger partial charge in [-0.3, -0.25) is 9.59 Å². The van der Waals surface area contributed by atoms with Crippen LogP contribution in [0.4, 0.5) is 0 Å². The predicted molar refractivity (Wildman–Crippen MR) is 185 cm³/mol. The molecule has 0 N–H and O–H groups in total. The summed E-state index contributed by atoms with van der Waals surface area (Å²) in [4.78, 5) is 24.9. The van der Waals surface area contributed by atoms with Crippen molar-refractivity contribution in [1.29, 1.82) is 0 Å². The second-order valence-electron chi connectivity index (χ2n) is 15.0. The zero-order valence-corrected chi connectivity index (χ0v) is 30.4. The van der Waals surface area contributed by atoms with Crippen LogP contribution in [0, 0.1) is 35.5 Å². The summed E-state index contributed by atoms with van der Waals surface area (Å²) in [5.41, 5.74) is 0. The zero-order chi connectivity index (χ0) is 32.3. The quantitative estimate of drug-likeness (QED) is 0.0601. The second kappa shape index (κ2) is 28.4. The van der Waals surface area contributed by atoms with Crippen LogP contribution in [0.25, 0.3) is 0 Å². The maximum Gasteiger partial charge on any atom is 0.309 e. The van der Waals surface area contributed by atoms with Crippen LogP contribution in [-0.4, -0.2) is 25.2 Å². The van der Waals surface area contributed by atoms with Crippen molar-refractivity contribution in [2.45, 2.75) is 190 Å². The number of ether oxygens (including phenoxy) is 2. The number of esters is 2. The topological polar surface area (TPSA) is 52.6 Å². The molecule has 0 saturated carbocycles. The summed E-state index contributed by atoms with van der Waals surface area (Å²) in [6.07, 6.45) is 24.7. The molecule has 0 fully saturated rings. The number of carbonyl (C=O) groups excluding carboxylic acids is 2. The van der Waals surface area contributed by atoms with E-state index in [0.717, 1.165) is 50.4 Å². The highest BCUT2D eigenvalue weighted by Crippen LogP contribution is 2.33. The van der Waals surface area contributed by atoms with Crippen LogP contribution in [0.3, 0.4) is 0 Å². The van der Waals surface area contributed by atoms with Gasteiger partial charge in [0.15, 0.2) is 0 Å². The molecule has 0 saturated heterocycles. The van der Waals surface area contributed by atoms with E-state index >= 15 is 0 Å². The predicted octanol–water partition coefficient (Wildman–Crippen LogP) is 12.1. The van der Waals surface area contributed by atoms with E-state index in [4.69, 9.17) is 9.47 Å². The molecule has 0 aliphatic heterocycles. The molecule has 0 spiro atoms. The molecule has 0 aromatic rings. The molecule has 0 aromatic carbocycles. The molecule has 4 nitrogen and oxygen atoms in total. The van der Waals surface area contributed by atoms with Gasteiger partial charge in [-0.05, 0) is 55.3 Å². The summed E-state index contributed by atoms with van der Waals surface area (Å²) in [6, 6.07) is 0. The average Bonchev–Trinajstić information content (AvgIpc) is 2.93. The van der Waals surface area contributed by atoms with Gasteiger partial charge >= 0.3 is 11.9 Å². The van der Waals surface area contributed by atoms with E-state index in [-0.39, 0.29) is 17.9 Å². The molecular formula is C39H76O4. The zero-order valence-electron chi connectivity index (χ0n) is 30.4. The first-order valence-corrected chi connectivity index (χ1v) is 18.9. The second-order valence-corrected chi connectivity index (χ2v) is 15.0. The highest BCUT2D eigenvalue weighted by molar-refractivity contribution is 5.73. The molecule has 43 heavy (non-hydrogen) atoms. The van der Waals surface area contributed by atoms with Crippen LogP contribution in [0.2, 0.25) is 0 Å². The van der Waals surface area contributed by atoms with Gasteiger partial charge in [-0.15, -0.1) is 0 Å². The fourth-order valence-corrected chi connectivity index (χ4v) is 6.30. The van der Waals surface area contributed by atoms with Gasteiger partial charge in [0, 0.05) is 6.42 Å². The van der Waals surface area contributed by atoms with Gasteiger partial charge in [-0.2, -0.15) is 0 Å². The van der Waals surface area contributed by atoms with Crippen molar-refractivity contribution in [2.75, 3.05) is 13.2 Å². The van der Waals surface area contributed by atoms with E-state index in [9.17, 15) is 9.59 Å². The fraction of sp³-hybridized carbons (Fsp3) is 0.949. The molecular weight excluding hydrogens is 532 g/mol. The summed E-state index contributed by atoms with van der Waals surface area (Å²) >= 11 is 0. The number of unbranched alkanes of at least 4 members (excludes halogenated alkanes) is 14. The Morgan fingerprint density at radius 2 is 0.837 bits per heavy atom. The number of hydrogen-bond donors (Lipinski definition) is 0. The van der Waals surface area contributed by atoms with E-state index in [1.54, 1.807) is 0 Å². The molecule has 2 atom stereocenters. The molecule has 256 valence electrons. The third kappa shape index (κ3) is 25.9. The molecule has 0 heterocycles. The summed E-state index contributed by atoms with van der Waals surface area (Å²) in [5, 5.41) is 0. The van der Waals surface area contributed by atoms with Gasteiger partial charge in [-0.25, -0.2) is 0 Å². The lowest BCUT2D eigenvalue weighted by molar-refractivity contribution is -0.153. The number of carbonyl (C=O) groups is 2. The Morgan fingerprint density at radius 3 is 1.28 bits per heavy atom. The van der Waals surface area contributed by atoms with Crippen molar-refractivity contribution in [2.24, 2.45) is 35.5 Å². The Morgan fingerprint density at radius 1 is 0.442 bits per heavy atom. The normalized spacial score (nSPS) is 13.3. The SMILES string of the molecule is CC(C)CCCCCOC(=O)CCCCCCCCCCCCCC(C(C)C)C(C(=O)OCCCCCC(C)C)C(C)C. The Labute approximate surface area is 269 Å². The van der Waals surface area contributed by atoms with Crippen molar-refractivity contribution in [3.63, 3.8) is 0 Å². The fourth-order valence-electron chi connectivity index (χ4n) is 6.30. The Balaban J connectivity index is 3.86. The Kier molecular flexibility index (Phi) is 27.7. The summed E-state index contributed by atoms with van der Waals surface area (Å²) in [5.74, 6) is 2.81. The monoisotopic (exact) mass is 609 g/mol. The van der Waals surface area contributed by atoms with Gasteiger partial charge in [-0.1, -0.05) is 158 Å². The van der Waals surface area contributed by atoms with Crippen molar-refractivity contribution in [3.8, 4) is 0 Å². The van der Waals surface area contributed by atoms with Crippen LogP contribution in [0.15, 0.2) is 0 Å². The van der Waals surface area contributed by atoms with Gasteiger partial charge in [0.25, 0.3) is 0 Å². The molecule has 0 aromatic heterocycles. The largest absolute Gasteiger partial charge is 0.466 e. The first-order valence-electron chi connectivity index (χ1n) is 18.9. The van der Waals surface area contributed by atoms with Crippen LogP contribution in [0.1, 0.15) is 190 Å². The molecule has 2 unspecified atom stereocenters. The first-order chi connectivity index (χ1) is 20.6. The average molecular weight is 609 g/mol. The number of hydrogen-bond acceptors (Lipinski definition) is 4. The molecule has 0 amide bonds. The molecule has 0 aliphatic carbocycles. The molecule has 0 rings (SSSR count). The lowest BCUT2D eigenvalue weighted by Gasteiger charge is -2.31. The summed E-state index contributed by atoms with van der Waals surface area (Å²) in [6.45, 7) is 19.2. The summed E-state index contributed by atoms with van der Waals surface area (Å²) in [7, 11) is 0. The third-order valence-electron chi connectivity index (χ3n) is 9.09. The van der Waals surface area contributed by atoms with Gasteiger partial charge < -0.3 is 9.47 Å². The lowest BCUT2D eigenvalue weighted by atomic mass is 9.74. The highest BCUT2D eigenvalue weighted by atomic mass is 16.5. The molecule has 0 aliphatic rings. The summed E-state index contributed by atoms with van der Waals surface area (Å²) < 4.78 is 11.2. The smallest absolute Gasteiger partial charge is 0.309 e. The Bertz CT molecular complexity index is 639.